The molecule has 0 radical (unpaired) electrons. The van der Waals surface area contributed by atoms with E-state index in [1.807, 2.05) is 31.4 Å². The van der Waals surface area contributed by atoms with Crippen molar-refractivity contribution in [2.75, 3.05) is 6.54 Å². The number of rotatable bonds is 4. The molecule has 2 aromatic rings. The lowest BCUT2D eigenvalue weighted by atomic mass is 10.2. The van der Waals surface area contributed by atoms with Crippen molar-refractivity contribution >= 4 is 6.09 Å². The molecule has 0 aliphatic rings. The first-order valence-corrected chi connectivity index (χ1v) is 5.72. The molecule has 0 saturated carbocycles. The van der Waals surface area contributed by atoms with Crippen LogP contribution in [-0.4, -0.2) is 22.4 Å². The fraction of sp³-hybridized carbons (Fsp3) is 0.231. The molecule has 1 aromatic carbocycles. The van der Waals surface area contributed by atoms with E-state index in [4.69, 9.17) is 4.74 Å². The molecule has 1 aromatic heterocycles. The third kappa shape index (κ3) is 3.62. The molecule has 0 atom stereocenters. The van der Waals surface area contributed by atoms with E-state index in [1.54, 1.807) is 23.0 Å². The minimum atomic E-state index is -0.440. The smallest absolute Gasteiger partial charge is 0.410 e. The predicted octanol–water partition coefficient (Wildman–Crippen LogP) is 1.75. The molecule has 94 valence electrons. The van der Waals surface area contributed by atoms with Gasteiger partial charge in [-0.05, 0) is 24.1 Å². The maximum absolute atomic E-state index is 11.5. The largest absolute Gasteiger partial charge is 0.412 e. The van der Waals surface area contributed by atoms with Gasteiger partial charge < -0.3 is 10.1 Å². The maximum Gasteiger partial charge on any atom is 0.412 e. The van der Waals surface area contributed by atoms with Crippen molar-refractivity contribution in [2.45, 2.75) is 6.42 Å². The van der Waals surface area contributed by atoms with Gasteiger partial charge in [0.1, 0.15) is 5.75 Å². The van der Waals surface area contributed by atoms with Crippen LogP contribution in [-0.2, 0) is 13.5 Å². The minimum absolute atomic E-state index is 0.440. The first-order chi connectivity index (χ1) is 8.74. The zero-order chi connectivity index (χ0) is 12.8. The molecule has 0 fully saturated rings. The van der Waals surface area contributed by atoms with Crippen molar-refractivity contribution in [3.63, 3.8) is 0 Å². The van der Waals surface area contributed by atoms with Gasteiger partial charge >= 0.3 is 6.09 Å². The second-order valence-corrected chi connectivity index (χ2v) is 3.90. The molecule has 0 unspecified atom stereocenters. The van der Waals surface area contributed by atoms with Crippen molar-refractivity contribution in [1.29, 1.82) is 0 Å². The van der Waals surface area contributed by atoms with E-state index in [2.05, 4.69) is 10.4 Å². The number of nitrogens with zero attached hydrogens (tertiary/aromatic N) is 2. The SMILES string of the molecule is Cn1cc(CCNC(=O)Oc2ccccc2)cn1. The monoisotopic (exact) mass is 245 g/mol. The quantitative estimate of drug-likeness (QED) is 0.892. The Morgan fingerprint density at radius 1 is 1.39 bits per heavy atom. The molecule has 0 saturated heterocycles. The summed E-state index contributed by atoms with van der Waals surface area (Å²) in [6, 6.07) is 8.98. The molecule has 0 aliphatic carbocycles. The number of amides is 1. The number of hydrogen-bond acceptors (Lipinski definition) is 3. The molecule has 18 heavy (non-hydrogen) atoms. The molecular weight excluding hydrogens is 230 g/mol. The topological polar surface area (TPSA) is 56.2 Å². The summed E-state index contributed by atoms with van der Waals surface area (Å²) in [4.78, 5) is 11.5. The van der Waals surface area contributed by atoms with Crippen molar-refractivity contribution < 1.29 is 9.53 Å². The Balaban J connectivity index is 1.72. The van der Waals surface area contributed by atoms with E-state index in [9.17, 15) is 4.79 Å². The first-order valence-electron chi connectivity index (χ1n) is 5.72. The van der Waals surface area contributed by atoms with E-state index in [-0.39, 0.29) is 0 Å². The van der Waals surface area contributed by atoms with E-state index >= 15 is 0 Å². The highest BCUT2D eigenvalue weighted by Gasteiger charge is 2.03. The highest BCUT2D eigenvalue weighted by Crippen LogP contribution is 2.08. The Bertz CT molecular complexity index is 508. The average molecular weight is 245 g/mol. The van der Waals surface area contributed by atoms with Crippen LogP contribution in [0.25, 0.3) is 0 Å². The molecule has 1 N–H and O–H groups in total. The second-order valence-electron chi connectivity index (χ2n) is 3.90. The molecule has 1 amide bonds. The van der Waals surface area contributed by atoms with Gasteiger partial charge in [0.2, 0.25) is 0 Å². The Morgan fingerprint density at radius 2 is 2.17 bits per heavy atom. The van der Waals surface area contributed by atoms with Crippen molar-refractivity contribution in [2.24, 2.45) is 7.05 Å². The standard InChI is InChI=1S/C13H15N3O2/c1-16-10-11(9-15-16)7-8-14-13(17)18-12-5-3-2-4-6-12/h2-6,9-10H,7-8H2,1H3,(H,14,17). The zero-order valence-corrected chi connectivity index (χ0v) is 10.2. The van der Waals surface area contributed by atoms with Gasteiger partial charge in [-0.25, -0.2) is 4.79 Å². The van der Waals surface area contributed by atoms with Crippen molar-refractivity contribution in [3.05, 3.63) is 48.3 Å². The lowest BCUT2D eigenvalue weighted by Crippen LogP contribution is -2.28. The summed E-state index contributed by atoms with van der Waals surface area (Å²) in [5.74, 6) is 0.538. The zero-order valence-electron chi connectivity index (χ0n) is 10.2. The number of para-hydroxylation sites is 1. The predicted molar refractivity (Wildman–Crippen MR) is 67.4 cm³/mol. The minimum Gasteiger partial charge on any atom is -0.410 e. The van der Waals surface area contributed by atoms with Gasteiger partial charge in [-0.2, -0.15) is 5.10 Å². The number of nitrogens with one attached hydrogen (secondary N) is 1. The summed E-state index contributed by atoms with van der Waals surface area (Å²) in [6.07, 6.45) is 4.00. The molecule has 0 aliphatic heterocycles. The summed E-state index contributed by atoms with van der Waals surface area (Å²) in [5, 5.41) is 6.75. The average Bonchev–Trinajstić information content (AvgIpc) is 2.76. The van der Waals surface area contributed by atoms with Crippen LogP contribution < -0.4 is 10.1 Å². The molecule has 5 nitrogen and oxygen atoms in total. The van der Waals surface area contributed by atoms with Crippen LogP contribution in [0.5, 0.6) is 5.75 Å². The Hall–Kier alpha value is -2.30. The van der Waals surface area contributed by atoms with Gasteiger partial charge in [0.05, 0.1) is 6.20 Å². The van der Waals surface area contributed by atoms with Gasteiger partial charge in [-0.3, -0.25) is 4.68 Å². The number of carbonyl (C=O) groups is 1. The van der Waals surface area contributed by atoms with E-state index < -0.39 is 6.09 Å². The number of aryl methyl sites for hydroxylation is 1. The van der Waals surface area contributed by atoms with Crippen LogP contribution in [0.3, 0.4) is 0 Å². The van der Waals surface area contributed by atoms with Gasteiger partial charge in [0, 0.05) is 19.8 Å². The number of aromatic nitrogens is 2. The molecule has 2 rings (SSSR count). The lowest BCUT2D eigenvalue weighted by Gasteiger charge is -2.05. The second kappa shape index (κ2) is 5.86. The maximum atomic E-state index is 11.5. The summed E-state index contributed by atoms with van der Waals surface area (Å²) in [6.45, 7) is 0.525. The van der Waals surface area contributed by atoms with Crippen LogP contribution in [0.15, 0.2) is 42.7 Å². The van der Waals surface area contributed by atoms with Crippen LogP contribution in [0.2, 0.25) is 0 Å². The van der Waals surface area contributed by atoms with Crippen LogP contribution >= 0.6 is 0 Å². The summed E-state index contributed by atoms with van der Waals surface area (Å²) < 4.78 is 6.82. The number of benzene rings is 1. The third-order valence-corrected chi connectivity index (χ3v) is 2.40. The molecule has 0 spiro atoms. The van der Waals surface area contributed by atoms with Crippen LogP contribution in [0, 0.1) is 0 Å². The lowest BCUT2D eigenvalue weighted by molar-refractivity contribution is 0.200. The first kappa shape index (κ1) is 12.2. The highest BCUT2D eigenvalue weighted by molar-refractivity contribution is 5.70. The Kier molecular flexibility index (Phi) is 3.96. The number of hydrogen-bond donors (Lipinski definition) is 1. The molecule has 0 bridgehead atoms. The number of carbonyl (C=O) groups excluding carboxylic acids is 1. The van der Waals surface area contributed by atoms with E-state index in [1.165, 1.54) is 0 Å². The molecular formula is C13H15N3O2. The van der Waals surface area contributed by atoms with Gasteiger partial charge in [-0.15, -0.1) is 0 Å². The van der Waals surface area contributed by atoms with Crippen LogP contribution in [0.4, 0.5) is 4.79 Å². The van der Waals surface area contributed by atoms with Crippen LogP contribution in [0.1, 0.15) is 5.56 Å². The Morgan fingerprint density at radius 3 is 2.83 bits per heavy atom. The fourth-order valence-corrected chi connectivity index (χ4v) is 1.54. The molecule has 5 heteroatoms. The third-order valence-electron chi connectivity index (χ3n) is 2.40. The van der Waals surface area contributed by atoms with E-state index in [0.717, 1.165) is 12.0 Å². The fourth-order valence-electron chi connectivity index (χ4n) is 1.54. The van der Waals surface area contributed by atoms with Crippen molar-refractivity contribution in [3.8, 4) is 5.75 Å². The highest BCUT2D eigenvalue weighted by atomic mass is 16.5. The molecule has 1 heterocycles. The van der Waals surface area contributed by atoms with Gasteiger partial charge in [-0.1, -0.05) is 18.2 Å². The Labute approximate surface area is 105 Å². The normalized spacial score (nSPS) is 10.1. The number of ether oxygens (including phenoxy) is 1. The summed E-state index contributed by atoms with van der Waals surface area (Å²) in [7, 11) is 1.86. The van der Waals surface area contributed by atoms with Crippen molar-refractivity contribution in [1.82, 2.24) is 15.1 Å². The van der Waals surface area contributed by atoms with Gasteiger partial charge in [0.25, 0.3) is 0 Å². The van der Waals surface area contributed by atoms with E-state index in [0.29, 0.717) is 12.3 Å². The van der Waals surface area contributed by atoms with Gasteiger partial charge in [0.15, 0.2) is 0 Å². The summed E-state index contributed by atoms with van der Waals surface area (Å²) in [5.41, 5.74) is 1.08. The summed E-state index contributed by atoms with van der Waals surface area (Å²) >= 11 is 0.